The van der Waals surface area contributed by atoms with E-state index in [1.165, 1.54) is 63.5 Å². The SMILES string of the molecule is CCCCCCC[n+]1ccc(CCCC)cc1.CS(=O)(=O)O. The average Bonchev–Trinajstić information content (AvgIpc) is 2.44. The molecule has 4 nitrogen and oxygen atoms in total. The molecule has 1 aromatic rings. The van der Waals surface area contributed by atoms with Gasteiger partial charge in [0.1, 0.15) is 6.54 Å². The number of aryl methyl sites for hydroxylation is 2. The van der Waals surface area contributed by atoms with Crippen molar-refractivity contribution in [1.29, 1.82) is 0 Å². The smallest absolute Gasteiger partial charge is 0.261 e. The largest absolute Gasteiger partial charge is 0.286 e. The second-order valence-corrected chi connectivity index (χ2v) is 7.16. The van der Waals surface area contributed by atoms with Crippen LogP contribution >= 0.6 is 0 Å². The van der Waals surface area contributed by atoms with Crippen molar-refractivity contribution >= 4 is 10.1 Å². The fourth-order valence-electron chi connectivity index (χ4n) is 2.08. The number of aromatic nitrogens is 1. The van der Waals surface area contributed by atoms with Crippen molar-refractivity contribution in [1.82, 2.24) is 0 Å². The van der Waals surface area contributed by atoms with E-state index in [2.05, 4.69) is 42.9 Å². The summed E-state index contributed by atoms with van der Waals surface area (Å²) in [6.07, 6.45) is 15.8. The Bertz CT molecular complexity index is 461. The topological polar surface area (TPSA) is 58.2 Å². The molecule has 0 aliphatic heterocycles. The first-order chi connectivity index (χ1) is 10.4. The van der Waals surface area contributed by atoms with Gasteiger partial charge >= 0.3 is 0 Å². The molecule has 1 aromatic heterocycles. The molecule has 0 fully saturated rings. The van der Waals surface area contributed by atoms with Crippen molar-refractivity contribution < 1.29 is 17.5 Å². The number of hydrogen-bond acceptors (Lipinski definition) is 2. The number of nitrogens with zero attached hydrogens (tertiary/aromatic N) is 1. The molecule has 0 amide bonds. The minimum atomic E-state index is -3.67. The van der Waals surface area contributed by atoms with Gasteiger partial charge in [0.15, 0.2) is 12.4 Å². The van der Waals surface area contributed by atoms with E-state index in [1.807, 2.05) is 0 Å². The van der Waals surface area contributed by atoms with Gasteiger partial charge < -0.3 is 0 Å². The lowest BCUT2D eigenvalue weighted by Crippen LogP contribution is -2.32. The van der Waals surface area contributed by atoms with Gasteiger partial charge in [-0.3, -0.25) is 4.55 Å². The molecular formula is C17H32NO3S+. The summed E-state index contributed by atoms with van der Waals surface area (Å²) >= 11 is 0. The maximum atomic E-state index is 9.19. The standard InChI is InChI=1S/C16H28N.CH4O3S/c1-3-5-7-8-9-13-17-14-11-16(12-15-17)10-6-4-2;1-5(2,3)4/h11-12,14-15H,3-10,13H2,1-2H3;1H3,(H,2,3,4)/q+1;. The second kappa shape index (κ2) is 12.6. The van der Waals surface area contributed by atoms with Crippen LogP contribution in [0.5, 0.6) is 0 Å². The highest BCUT2D eigenvalue weighted by Gasteiger charge is 2.00. The first-order valence-electron chi connectivity index (χ1n) is 8.27. The van der Waals surface area contributed by atoms with E-state index in [1.54, 1.807) is 0 Å². The summed E-state index contributed by atoms with van der Waals surface area (Å²) in [6.45, 7) is 5.70. The van der Waals surface area contributed by atoms with E-state index >= 15 is 0 Å². The monoisotopic (exact) mass is 330 g/mol. The molecule has 0 atom stereocenters. The first-order valence-corrected chi connectivity index (χ1v) is 10.1. The Morgan fingerprint density at radius 3 is 1.95 bits per heavy atom. The van der Waals surface area contributed by atoms with E-state index in [4.69, 9.17) is 4.55 Å². The molecule has 1 heterocycles. The lowest BCUT2D eigenvalue weighted by atomic mass is 10.1. The molecule has 1 rings (SSSR count). The Hall–Kier alpha value is -0.940. The van der Waals surface area contributed by atoms with Crippen molar-refractivity contribution in [2.75, 3.05) is 6.26 Å². The van der Waals surface area contributed by atoms with E-state index in [0.29, 0.717) is 6.26 Å². The molecule has 22 heavy (non-hydrogen) atoms. The van der Waals surface area contributed by atoms with Gasteiger partial charge in [-0.25, -0.2) is 4.57 Å². The molecule has 0 bridgehead atoms. The molecule has 1 N–H and O–H groups in total. The minimum absolute atomic E-state index is 0.715. The van der Waals surface area contributed by atoms with Crippen molar-refractivity contribution in [2.24, 2.45) is 0 Å². The van der Waals surface area contributed by atoms with Crippen molar-refractivity contribution in [3.8, 4) is 0 Å². The fourth-order valence-corrected chi connectivity index (χ4v) is 2.08. The Labute approximate surface area is 136 Å². The fraction of sp³-hybridized carbons (Fsp3) is 0.706. The van der Waals surface area contributed by atoms with Crippen LogP contribution in [0.15, 0.2) is 24.5 Å². The van der Waals surface area contributed by atoms with Crippen molar-refractivity contribution in [2.45, 2.75) is 71.8 Å². The van der Waals surface area contributed by atoms with Crippen LogP contribution in [0.4, 0.5) is 0 Å². The van der Waals surface area contributed by atoms with Crippen LogP contribution < -0.4 is 4.57 Å². The number of pyridine rings is 1. The zero-order chi connectivity index (χ0) is 16.8. The Morgan fingerprint density at radius 1 is 0.955 bits per heavy atom. The van der Waals surface area contributed by atoms with Gasteiger partial charge in [-0.2, -0.15) is 8.42 Å². The molecule has 5 heteroatoms. The van der Waals surface area contributed by atoms with Crippen LogP contribution in [0.1, 0.15) is 64.4 Å². The summed E-state index contributed by atoms with van der Waals surface area (Å²) in [5, 5.41) is 0. The molecule has 0 radical (unpaired) electrons. The molecule has 0 saturated heterocycles. The maximum absolute atomic E-state index is 9.19. The predicted molar refractivity (Wildman–Crippen MR) is 91.5 cm³/mol. The van der Waals surface area contributed by atoms with Gasteiger partial charge in [0, 0.05) is 18.6 Å². The second-order valence-electron chi connectivity index (χ2n) is 5.70. The normalized spacial score (nSPS) is 10.9. The van der Waals surface area contributed by atoms with Gasteiger partial charge in [-0.1, -0.05) is 39.5 Å². The predicted octanol–water partition coefficient (Wildman–Crippen LogP) is 3.79. The summed E-state index contributed by atoms with van der Waals surface area (Å²) < 4.78 is 28.2. The molecule has 0 aliphatic rings. The number of hydrogen-bond donors (Lipinski definition) is 1. The highest BCUT2D eigenvalue weighted by molar-refractivity contribution is 7.85. The minimum Gasteiger partial charge on any atom is -0.286 e. The lowest BCUT2D eigenvalue weighted by Gasteiger charge is -2.00. The average molecular weight is 331 g/mol. The molecule has 0 aromatic carbocycles. The van der Waals surface area contributed by atoms with E-state index < -0.39 is 10.1 Å². The third-order valence-corrected chi connectivity index (χ3v) is 3.30. The van der Waals surface area contributed by atoms with E-state index in [-0.39, 0.29) is 0 Å². The van der Waals surface area contributed by atoms with Crippen LogP contribution in [0.2, 0.25) is 0 Å². The Kier molecular flexibility index (Phi) is 12.1. The number of unbranched alkanes of at least 4 members (excludes halogenated alkanes) is 5. The van der Waals surface area contributed by atoms with Gasteiger partial charge in [0.2, 0.25) is 0 Å². The zero-order valence-corrected chi connectivity index (χ0v) is 15.1. The molecule has 0 aliphatic carbocycles. The van der Waals surface area contributed by atoms with Crippen molar-refractivity contribution in [3.05, 3.63) is 30.1 Å². The van der Waals surface area contributed by atoms with Gasteiger partial charge in [0.25, 0.3) is 10.1 Å². The summed E-state index contributed by atoms with van der Waals surface area (Å²) in [7, 11) is -3.67. The summed E-state index contributed by atoms with van der Waals surface area (Å²) in [4.78, 5) is 0. The summed E-state index contributed by atoms with van der Waals surface area (Å²) in [5.41, 5.74) is 1.48. The zero-order valence-electron chi connectivity index (χ0n) is 14.3. The first kappa shape index (κ1) is 21.1. The maximum Gasteiger partial charge on any atom is 0.261 e. The van der Waals surface area contributed by atoms with Crippen molar-refractivity contribution in [3.63, 3.8) is 0 Å². The third kappa shape index (κ3) is 15.4. The lowest BCUT2D eigenvalue weighted by molar-refractivity contribution is -0.697. The summed E-state index contributed by atoms with van der Waals surface area (Å²) in [6, 6.07) is 4.56. The molecule has 0 spiro atoms. The Morgan fingerprint density at radius 2 is 1.45 bits per heavy atom. The third-order valence-electron chi connectivity index (χ3n) is 3.30. The van der Waals surface area contributed by atoms with Crippen LogP contribution in [-0.4, -0.2) is 19.2 Å². The highest BCUT2D eigenvalue weighted by Crippen LogP contribution is 2.04. The quantitative estimate of drug-likeness (QED) is 0.426. The van der Waals surface area contributed by atoms with Crippen LogP contribution in [0, 0.1) is 0 Å². The number of rotatable bonds is 9. The summed E-state index contributed by atoms with van der Waals surface area (Å²) in [5.74, 6) is 0. The molecule has 0 unspecified atom stereocenters. The van der Waals surface area contributed by atoms with Crippen LogP contribution in [0.25, 0.3) is 0 Å². The molecule has 0 saturated carbocycles. The van der Waals surface area contributed by atoms with Gasteiger partial charge in [0.05, 0.1) is 6.26 Å². The van der Waals surface area contributed by atoms with Crippen LogP contribution in [0.3, 0.4) is 0 Å². The Balaban J connectivity index is 0.000000763. The molecule has 128 valence electrons. The van der Waals surface area contributed by atoms with Gasteiger partial charge in [-0.05, 0) is 24.8 Å². The van der Waals surface area contributed by atoms with E-state index in [0.717, 1.165) is 0 Å². The molecular weight excluding hydrogens is 298 g/mol. The van der Waals surface area contributed by atoms with Gasteiger partial charge in [-0.15, -0.1) is 0 Å². The highest BCUT2D eigenvalue weighted by atomic mass is 32.2. The van der Waals surface area contributed by atoms with Crippen LogP contribution in [-0.2, 0) is 23.1 Å². The van der Waals surface area contributed by atoms with E-state index in [9.17, 15) is 8.42 Å².